The van der Waals surface area contributed by atoms with Crippen molar-refractivity contribution in [1.29, 1.82) is 0 Å². The molecule has 1 aromatic rings. The number of carbonyl (C=O) groups excluding carboxylic acids is 2. The van der Waals surface area contributed by atoms with E-state index >= 15 is 0 Å². The van der Waals surface area contributed by atoms with Crippen LogP contribution in [0.3, 0.4) is 0 Å². The van der Waals surface area contributed by atoms with Crippen LogP contribution in [0.5, 0.6) is 5.75 Å². The predicted octanol–water partition coefficient (Wildman–Crippen LogP) is 2.85. The fourth-order valence-corrected chi connectivity index (χ4v) is 1.57. The average molecular weight is 416 g/mol. The van der Waals surface area contributed by atoms with E-state index in [1.165, 1.54) is 7.11 Å². The van der Waals surface area contributed by atoms with Crippen LogP contribution in [0.4, 0.5) is 0 Å². The van der Waals surface area contributed by atoms with E-state index in [0.717, 1.165) is 0 Å². The molecule has 0 aliphatic carbocycles. The molecule has 0 saturated carbocycles. The largest absolute Gasteiger partial charge is 0.497 e. The summed E-state index contributed by atoms with van der Waals surface area (Å²) in [5.41, 5.74) is 0.954. The fourth-order valence-electron chi connectivity index (χ4n) is 0.944. The lowest BCUT2D eigenvalue weighted by molar-refractivity contribution is 0.110. The van der Waals surface area contributed by atoms with Crippen molar-refractivity contribution in [2.75, 3.05) is 7.11 Å². The number of hydrogen-bond acceptors (Lipinski definition) is 3. The van der Waals surface area contributed by atoms with E-state index in [4.69, 9.17) is 4.74 Å². The van der Waals surface area contributed by atoms with E-state index in [2.05, 4.69) is 0 Å². The minimum absolute atomic E-state index is 0.111. The summed E-state index contributed by atoms with van der Waals surface area (Å²) in [6.45, 7) is 0. The van der Waals surface area contributed by atoms with Crippen LogP contribution in [0.15, 0.2) is 18.2 Å². The van der Waals surface area contributed by atoms with Crippen molar-refractivity contribution >= 4 is 52.8 Å². The lowest BCUT2D eigenvalue weighted by atomic mass is 10.1. The van der Waals surface area contributed by atoms with Gasteiger partial charge in [0.05, 0.1) is 7.11 Å². The normalized spacial score (nSPS) is 9.64. The van der Waals surface area contributed by atoms with Gasteiger partial charge >= 0.3 is 0 Å². The molecule has 3 nitrogen and oxygen atoms in total. The highest BCUT2D eigenvalue weighted by Gasteiger charge is 2.09. The second-order valence-electron chi connectivity index (χ2n) is 2.50. The Balaban J connectivity index is 3.27. The third-order valence-corrected chi connectivity index (χ3v) is 2.84. The van der Waals surface area contributed by atoms with Crippen LogP contribution in [-0.2, 0) is 0 Å². The van der Waals surface area contributed by atoms with Crippen LogP contribution in [0.1, 0.15) is 20.7 Å². The van der Waals surface area contributed by atoms with Crippen LogP contribution in [-0.4, -0.2) is 14.7 Å². The van der Waals surface area contributed by atoms with Gasteiger partial charge in [-0.25, -0.2) is 0 Å². The van der Waals surface area contributed by atoms with Crippen molar-refractivity contribution in [2.45, 2.75) is 0 Å². The Morgan fingerprint density at radius 1 is 1.07 bits per heavy atom. The summed E-state index contributed by atoms with van der Waals surface area (Å²) in [7, 11) is 1.50. The summed E-state index contributed by atoms with van der Waals surface area (Å²) in [5.74, 6) is 0.521. The highest BCUT2D eigenvalue weighted by Crippen LogP contribution is 2.20. The first-order valence-electron chi connectivity index (χ1n) is 3.63. The number of benzene rings is 1. The highest BCUT2D eigenvalue weighted by molar-refractivity contribution is 14.1. The number of methoxy groups -OCH3 is 1. The van der Waals surface area contributed by atoms with Gasteiger partial charge in [-0.3, -0.25) is 9.59 Å². The minimum Gasteiger partial charge on any atom is -0.497 e. The molecule has 74 valence electrons. The number of hydrogen-bond donors (Lipinski definition) is 0. The van der Waals surface area contributed by atoms with Gasteiger partial charge in [0.15, 0.2) is 0 Å². The zero-order valence-corrected chi connectivity index (χ0v) is 11.5. The van der Waals surface area contributed by atoms with Crippen molar-refractivity contribution < 1.29 is 14.3 Å². The fraction of sp³-hybridized carbons (Fsp3) is 0.111. The van der Waals surface area contributed by atoms with Gasteiger partial charge in [0.2, 0.25) is 7.58 Å². The molecule has 0 aliphatic rings. The smallest absolute Gasteiger partial charge is 0.222 e. The van der Waals surface area contributed by atoms with Crippen LogP contribution >= 0.6 is 45.2 Å². The zero-order chi connectivity index (χ0) is 10.7. The Morgan fingerprint density at radius 2 is 1.50 bits per heavy atom. The first-order valence-corrected chi connectivity index (χ1v) is 5.79. The van der Waals surface area contributed by atoms with Gasteiger partial charge in [0.1, 0.15) is 5.75 Å². The summed E-state index contributed by atoms with van der Waals surface area (Å²) in [6, 6.07) is 4.78. The Labute approximate surface area is 108 Å². The molecule has 0 amide bonds. The van der Waals surface area contributed by atoms with Crippen molar-refractivity contribution in [1.82, 2.24) is 0 Å². The van der Waals surface area contributed by atoms with Gasteiger partial charge in [0, 0.05) is 56.3 Å². The quantitative estimate of drug-likeness (QED) is 0.563. The lowest BCUT2D eigenvalue weighted by Gasteiger charge is -2.03. The Kier molecular flexibility index (Phi) is 4.30. The number of carbonyl (C=O) groups is 2. The third-order valence-electron chi connectivity index (χ3n) is 1.60. The van der Waals surface area contributed by atoms with E-state index in [1.807, 2.05) is 0 Å². The maximum Gasteiger partial charge on any atom is 0.222 e. The van der Waals surface area contributed by atoms with Crippen molar-refractivity contribution in [3.05, 3.63) is 29.3 Å². The van der Waals surface area contributed by atoms with E-state index in [0.29, 0.717) is 16.9 Å². The van der Waals surface area contributed by atoms with Gasteiger partial charge < -0.3 is 4.74 Å². The molecule has 0 radical (unpaired) electrons. The van der Waals surface area contributed by atoms with E-state index < -0.39 is 0 Å². The molecule has 0 aliphatic heterocycles. The maximum atomic E-state index is 11.1. The van der Waals surface area contributed by atoms with E-state index in [1.54, 1.807) is 63.4 Å². The van der Waals surface area contributed by atoms with Crippen LogP contribution in [0, 0.1) is 0 Å². The minimum atomic E-state index is -0.111. The van der Waals surface area contributed by atoms with Crippen molar-refractivity contribution in [3.8, 4) is 5.75 Å². The molecule has 0 atom stereocenters. The second kappa shape index (κ2) is 5.06. The number of ether oxygens (including phenoxy) is 1. The SMILES string of the molecule is COc1cc(C(=O)I)cc(C(=O)I)c1. The zero-order valence-electron chi connectivity index (χ0n) is 7.21. The van der Waals surface area contributed by atoms with Crippen molar-refractivity contribution in [2.24, 2.45) is 0 Å². The molecule has 0 unspecified atom stereocenters. The molecular formula is C9H6I2O3. The molecule has 0 spiro atoms. The molecule has 1 aromatic carbocycles. The summed E-state index contributed by atoms with van der Waals surface area (Å²) in [4.78, 5) is 22.2. The molecule has 5 heteroatoms. The Morgan fingerprint density at radius 3 is 1.79 bits per heavy atom. The monoisotopic (exact) mass is 416 g/mol. The van der Waals surface area contributed by atoms with E-state index in [-0.39, 0.29) is 7.58 Å². The topological polar surface area (TPSA) is 43.4 Å². The van der Waals surface area contributed by atoms with Crippen molar-refractivity contribution in [3.63, 3.8) is 0 Å². The molecule has 0 heterocycles. The standard InChI is InChI=1S/C9H6I2O3/c1-14-7-3-5(8(10)12)2-6(4-7)9(11)13/h2-4H,1H3. The van der Waals surface area contributed by atoms with Gasteiger partial charge in [-0.2, -0.15) is 0 Å². The van der Waals surface area contributed by atoms with Crippen LogP contribution in [0.2, 0.25) is 0 Å². The molecule has 0 fully saturated rings. The average Bonchev–Trinajstić information content (AvgIpc) is 2.16. The molecule has 0 bridgehead atoms. The van der Waals surface area contributed by atoms with E-state index in [9.17, 15) is 9.59 Å². The Hall–Kier alpha value is -0.180. The van der Waals surface area contributed by atoms with Gasteiger partial charge in [0.25, 0.3) is 0 Å². The van der Waals surface area contributed by atoms with Gasteiger partial charge in [-0.15, -0.1) is 0 Å². The summed E-state index contributed by atoms with van der Waals surface area (Å²) in [5, 5.41) is 0. The molecule has 0 aromatic heterocycles. The van der Waals surface area contributed by atoms with Crippen LogP contribution in [0.25, 0.3) is 0 Å². The first kappa shape index (κ1) is 11.9. The summed E-state index contributed by atoms with van der Waals surface area (Å²) >= 11 is 3.35. The van der Waals surface area contributed by atoms with Gasteiger partial charge in [-0.1, -0.05) is 0 Å². The lowest BCUT2D eigenvalue weighted by Crippen LogP contribution is -1.96. The molecular weight excluding hydrogens is 410 g/mol. The highest BCUT2D eigenvalue weighted by atomic mass is 127. The summed E-state index contributed by atoms with van der Waals surface area (Å²) < 4.78 is 4.76. The number of halogens is 2. The predicted molar refractivity (Wildman–Crippen MR) is 69.7 cm³/mol. The molecule has 0 N–H and O–H groups in total. The Bertz CT molecular complexity index is 355. The molecule has 14 heavy (non-hydrogen) atoms. The molecule has 0 saturated heterocycles. The van der Waals surface area contributed by atoms with Crippen LogP contribution < -0.4 is 4.74 Å². The van der Waals surface area contributed by atoms with Gasteiger partial charge in [-0.05, 0) is 18.2 Å². The number of rotatable bonds is 3. The second-order valence-corrected chi connectivity index (χ2v) is 4.46. The third kappa shape index (κ3) is 2.91. The molecule has 1 rings (SSSR count). The summed E-state index contributed by atoms with van der Waals surface area (Å²) in [6.07, 6.45) is 0. The maximum absolute atomic E-state index is 11.1. The first-order chi connectivity index (χ1) is 6.54.